The van der Waals surface area contributed by atoms with Crippen LogP contribution in [0.5, 0.6) is 0 Å². The van der Waals surface area contributed by atoms with Gasteiger partial charge in [-0.05, 0) is 39.3 Å². The van der Waals surface area contributed by atoms with Crippen molar-refractivity contribution in [1.29, 1.82) is 0 Å². The number of piperidine rings is 1. The average Bonchev–Trinajstić information content (AvgIpc) is 2.74. The normalized spacial score (nSPS) is 30.6. The van der Waals surface area contributed by atoms with E-state index in [1.165, 1.54) is 0 Å². The molecule has 2 fully saturated rings. The van der Waals surface area contributed by atoms with Crippen LogP contribution >= 0.6 is 0 Å². The Morgan fingerprint density at radius 3 is 2.47 bits per heavy atom. The van der Waals surface area contributed by atoms with E-state index >= 15 is 0 Å². The highest BCUT2D eigenvalue weighted by Gasteiger charge is 2.41. The van der Waals surface area contributed by atoms with Crippen LogP contribution in [0.3, 0.4) is 0 Å². The summed E-state index contributed by atoms with van der Waals surface area (Å²) in [7, 11) is 0. The Balaban J connectivity index is 1.95. The monoisotopic (exact) mass is 238 g/mol. The molecule has 0 saturated carbocycles. The van der Waals surface area contributed by atoms with Gasteiger partial charge in [-0.1, -0.05) is 6.92 Å². The van der Waals surface area contributed by atoms with Crippen molar-refractivity contribution in [2.45, 2.75) is 33.1 Å². The molecule has 2 heterocycles. The maximum Gasteiger partial charge on any atom is 0.225 e. The van der Waals surface area contributed by atoms with Crippen LogP contribution in [0.15, 0.2) is 0 Å². The lowest BCUT2D eigenvalue weighted by atomic mass is 9.86. The highest BCUT2D eigenvalue weighted by molar-refractivity contribution is 5.85. The zero-order valence-electron chi connectivity index (χ0n) is 10.8. The van der Waals surface area contributed by atoms with Gasteiger partial charge in [0.25, 0.3) is 0 Å². The summed E-state index contributed by atoms with van der Waals surface area (Å²) in [5, 5.41) is 3.27. The summed E-state index contributed by atoms with van der Waals surface area (Å²) in [6, 6.07) is 0. The molecule has 1 unspecified atom stereocenters. The summed E-state index contributed by atoms with van der Waals surface area (Å²) in [5.74, 6) is 0.639. The van der Waals surface area contributed by atoms with Gasteiger partial charge in [0.1, 0.15) is 5.78 Å². The van der Waals surface area contributed by atoms with Gasteiger partial charge >= 0.3 is 0 Å². The molecule has 2 rings (SSSR count). The number of amides is 1. The molecule has 0 spiro atoms. The first-order chi connectivity index (χ1) is 8.03. The fourth-order valence-corrected chi connectivity index (χ4v) is 2.76. The molecule has 0 bridgehead atoms. The molecule has 0 aromatic heterocycles. The van der Waals surface area contributed by atoms with E-state index in [0.717, 1.165) is 38.9 Å². The Hall–Kier alpha value is -0.900. The molecule has 2 saturated heterocycles. The van der Waals surface area contributed by atoms with Crippen molar-refractivity contribution in [3.05, 3.63) is 0 Å². The Kier molecular flexibility index (Phi) is 3.52. The predicted octanol–water partition coefficient (Wildman–Crippen LogP) is 0.814. The summed E-state index contributed by atoms with van der Waals surface area (Å²) in [6.07, 6.45) is 2.69. The highest BCUT2D eigenvalue weighted by Crippen LogP contribution is 2.32. The van der Waals surface area contributed by atoms with Crippen LogP contribution in [-0.4, -0.2) is 42.8 Å². The maximum absolute atomic E-state index is 12.3. The largest absolute Gasteiger partial charge is 0.341 e. The molecular weight excluding hydrogens is 216 g/mol. The lowest BCUT2D eigenvalue weighted by molar-refractivity contribution is -0.136. The summed E-state index contributed by atoms with van der Waals surface area (Å²) >= 11 is 0. The third kappa shape index (κ3) is 2.51. The fourth-order valence-electron chi connectivity index (χ4n) is 2.76. The fraction of sp³-hybridized carbons (Fsp3) is 0.846. The van der Waals surface area contributed by atoms with Gasteiger partial charge in [-0.2, -0.15) is 0 Å². The number of Topliss-reactive ketones (excluding diaryl/α,β-unsaturated/α-hetero) is 1. The molecule has 0 aromatic carbocycles. The number of nitrogens with one attached hydrogen (secondary N) is 1. The second-order valence-electron chi connectivity index (χ2n) is 5.65. The zero-order valence-corrected chi connectivity index (χ0v) is 10.8. The molecule has 1 atom stereocenters. The first kappa shape index (κ1) is 12.6. The Labute approximate surface area is 103 Å². The van der Waals surface area contributed by atoms with E-state index in [4.69, 9.17) is 0 Å². The number of rotatable bonds is 2. The van der Waals surface area contributed by atoms with Crippen molar-refractivity contribution >= 4 is 11.7 Å². The number of hydrogen-bond acceptors (Lipinski definition) is 3. The van der Waals surface area contributed by atoms with Crippen molar-refractivity contribution in [2.75, 3.05) is 26.2 Å². The number of nitrogens with zero attached hydrogens (tertiary/aromatic N) is 1. The van der Waals surface area contributed by atoms with Crippen molar-refractivity contribution in [1.82, 2.24) is 10.2 Å². The third-order valence-electron chi connectivity index (χ3n) is 4.32. The second-order valence-corrected chi connectivity index (χ2v) is 5.65. The van der Waals surface area contributed by atoms with Gasteiger partial charge in [0, 0.05) is 24.4 Å². The second kappa shape index (κ2) is 4.77. The molecule has 4 nitrogen and oxygen atoms in total. The van der Waals surface area contributed by atoms with E-state index in [-0.39, 0.29) is 23.0 Å². The molecule has 0 aromatic rings. The molecule has 0 radical (unpaired) electrons. The lowest BCUT2D eigenvalue weighted by Crippen LogP contribution is -2.41. The van der Waals surface area contributed by atoms with E-state index < -0.39 is 0 Å². The van der Waals surface area contributed by atoms with Crippen molar-refractivity contribution in [3.8, 4) is 0 Å². The number of carbonyl (C=O) groups excluding carboxylic acids is 2. The van der Waals surface area contributed by atoms with Crippen LogP contribution < -0.4 is 5.32 Å². The topological polar surface area (TPSA) is 49.4 Å². The van der Waals surface area contributed by atoms with Crippen LogP contribution in [0.1, 0.15) is 33.1 Å². The molecule has 2 aliphatic rings. The van der Waals surface area contributed by atoms with Crippen LogP contribution in [0, 0.1) is 11.3 Å². The zero-order chi connectivity index (χ0) is 12.5. The van der Waals surface area contributed by atoms with Gasteiger partial charge in [0.05, 0.1) is 0 Å². The van der Waals surface area contributed by atoms with E-state index in [1.807, 2.05) is 11.8 Å². The quantitative estimate of drug-likeness (QED) is 0.774. The van der Waals surface area contributed by atoms with Crippen molar-refractivity contribution in [3.63, 3.8) is 0 Å². The van der Waals surface area contributed by atoms with Crippen LogP contribution in [0.4, 0.5) is 0 Å². The summed E-state index contributed by atoms with van der Waals surface area (Å²) < 4.78 is 0. The standard InChI is InChI=1S/C13H22N2O2/c1-10(16)13(2)5-8-15(9-13)12(17)11-3-6-14-7-4-11/h11,14H,3-9H2,1-2H3. The summed E-state index contributed by atoms with van der Waals surface area (Å²) in [6.45, 7) is 6.86. The van der Waals surface area contributed by atoms with E-state index in [1.54, 1.807) is 6.92 Å². The average molecular weight is 238 g/mol. The van der Waals surface area contributed by atoms with Crippen LogP contribution in [0.2, 0.25) is 0 Å². The van der Waals surface area contributed by atoms with E-state index in [2.05, 4.69) is 5.32 Å². The van der Waals surface area contributed by atoms with Gasteiger partial charge < -0.3 is 10.2 Å². The van der Waals surface area contributed by atoms with E-state index in [0.29, 0.717) is 6.54 Å². The first-order valence-electron chi connectivity index (χ1n) is 6.53. The Morgan fingerprint density at radius 1 is 1.29 bits per heavy atom. The molecule has 1 N–H and O–H groups in total. The summed E-state index contributed by atoms with van der Waals surface area (Å²) in [5.41, 5.74) is -0.303. The van der Waals surface area contributed by atoms with E-state index in [9.17, 15) is 9.59 Å². The number of ketones is 1. The third-order valence-corrected chi connectivity index (χ3v) is 4.32. The first-order valence-corrected chi connectivity index (χ1v) is 6.53. The predicted molar refractivity (Wildman–Crippen MR) is 65.6 cm³/mol. The van der Waals surface area contributed by atoms with Gasteiger partial charge in [0.15, 0.2) is 0 Å². The minimum absolute atomic E-state index is 0.172. The van der Waals surface area contributed by atoms with Gasteiger partial charge in [0.2, 0.25) is 5.91 Å². The maximum atomic E-state index is 12.3. The minimum Gasteiger partial charge on any atom is -0.341 e. The molecule has 4 heteroatoms. The van der Waals surface area contributed by atoms with Crippen molar-refractivity contribution in [2.24, 2.45) is 11.3 Å². The minimum atomic E-state index is -0.303. The number of carbonyl (C=O) groups is 2. The Morgan fingerprint density at radius 2 is 1.94 bits per heavy atom. The molecule has 2 aliphatic heterocycles. The summed E-state index contributed by atoms with van der Waals surface area (Å²) in [4.78, 5) is 25.8. The lowest BCUT2D eigenvalue weighted by Gasteiger charge is -2.28. The number of likely N-dealkylation sites (tertiary alicyclic amines) is 1. The SMILES string of the molecule is CC(=O)C1(C)CCN(C(=O)C2CCNCC2)C1. The molecule has 1 amide bonds. The molecular formula is C13H22N2O2. The molecule has 0 aliphatic carbocycles. The van der Waals surface area contributed by atoms with Crippen LogP contribution in [0.25, 0.3) is 0 Å². The highest BCUT2D eigenvalue weighted by atomic mass is 16.2. The van der Waals surface area contributed by atoms with Crippen molar-refractivity contribution < 1.29 is 9.59 Å². The Bertz CT molecular complexity index is 323. The smallest absolute Gasteiger partial charge is 0.225 e. The molecule has 17 heavy (non-hydrogen) atoms. The van der Waals surface area contributed by atoms with Gasteiger partial charge in [-0.3, -0.25) is 9.59 Å². The van der Waals surface area contributed by atoms with Crippen LogP contribution in [-0.2, 0) is 9.59 Å². The van der Waals surface area contributed by atoms with Gasteiger partial charge in [-0.15, -0.1) is 0 Å². The number of hydrogen-bond donors (Lipinski definition) is 1. The van der Waals surface area contributed by atoms with Gasteiger partial charge in [-0.25, -0.2) is 0 Å². The molecule has 96 valence electrons.